The lowest BCUT2D eigenvalue weighted by molar-refractivity contribution is -0.123. The van der Waals surface area contributed by atoms with Gasteiger partial charge in [0, 0.05) is 6.54 Å². The first-order chi connectivity index (χ1) is 11.1. The van der Waals surface area contributed by atoms with Gasteiger partial charge in [-0.2, -0.15) is 0 Å². The van der Waals surface area contributed by atoms with E-state index in [4.69, 9.17) is 5.11 Å². The highest BCUT2D eigenvalue weighted by molar-refractivity contribution is 5.86. The maximum atomic E-state index is 12.8. The molecule has 0 aliphatic heterocycles. The predicted molar refractivity (Wildman–Crippen MR) is 83.5 cm³/mol. The van der Waals surface area contributed by atoms with E-state index < -0.39 is 18.0 Å². The van der Waals surface area contributed by atoms with Crippen molar-refractivity contribution < 1.29 is 19.1 Å². The second-order valence-corrected chi connectivity index (χ2v) is 4.96. The summed E-state index contributed by atoms with van der Waals surface area (Å²) in [6.45, 7) is 0.328. The number of benzene rings is 2. The summed E-state index contributed by atoms with van der Waals surface area (Å²) in [5.74, 6) is -0.742. The Kier molecular flexibility index (Phi) is 5.68. The first kappa shape index (κ1) is 16.5. The Morgan fingerprint density at radius 3 is 2.30 bits per heavy atom. The molecule has 23 heavy (non-hydrogen) atoms. The number of rotatable bonds is 6. The summed E-state index contributed by atoms with van der Waals surface area (Å²) < 4.78 is 12.8. The van der Waals surface area contributed by atoms with Crippen molar-refractivity contribution in [3.05, 3.63) is 71.5 Å². The molecule has 0 radical (unpaired) electrons. The van der Waals surface area contributed by atoms with Gasteiger partial charge in [-0.3, -0.25) is 4.79 Å². The van der Waals surface area contributed by atoms with Crippen molar-refractivity contribution in [3.8, 4) is 0 Å². The molecule has 0 saturated carbocycles. The highest BCUT2D eigenvalue weighted by Gasteiger charge is 2.21. The van der Waals surface area contributed by atoms with Gasteiger partial charge in [-0.1, -0.05) is 42.5 Å². The Morgan fingerprint density at radius 2 is 1.70 bits per heavy atom. The predicted octanol–water partition coefficient (Wildman–Crippen LogP) is 2.49. The van der Waals surface area contributed by atoms with Gasteiger partial charge in [-0.05, 0) is 29.7 Å². The van der Waals surface area contributed by atoms with E-state index >= 15 is 0 Å². The monoisotopic (exact) mass is 316 g/mol. The van der Waals surface area contributed by atoms with Gasteiger partial charge in [0.1, 0.15) is 11.9 Å². The number of halogens is 1. The summed E-state index contributed by atoms with van der Waals surface area (Å²) in [7, 11) is 0. The Morgan fingerprint density at radius 1 is 1.04 bits per heavy atom. The summed E-state index contributed by atoms with van der Waals surface area (Å²) in [5.41, 5.74) is 1.45. The zero-order valence-electron chi connectivity index (χ0n) is 12.3. The summed E-state index contributed by atoms with van der Waals surface area (Å²) in [6, 6.07) is 13.6. The van der Waals surface area contributed by atoms with Crippen LogP contribution >= 0.6 is 0 Å². The van der Waals surface area contributed by atoms with Gasteiger partial charge >= 0.3 is 6.09 Å². The molecule has 0 aliphatic carbocycles. The van der Waals surface area contributed by atoms with Crippen molar-refractivity contribution in [2.75, 3.05) is 6.54 Å². The molecule has 2 aromatic rings. The van der Waals surface area contributed by atoms with E-state index in [1.54, 1.807) is 42.5 Å². The van der Waals surface area contributed by atoms with E-state index in [-0.39, 0.29) is 5.82 Å². The first-order valence-corrected chi connectivity index (χ1v) is 7.13. The molecule has 0 aromatic heterocycles. The number of carbonyl (C=O) groups excluding carboxylic acids is 1. The molecular weight excluding hydrogens is 299 g/mol. The van der Waals surface area contributed by atoms with Gasteiger partial charge in [0.15, 0.2) is 0 Å². The maximum Gasteiger partial charge on any atom is 0.405 e. The lowest BCUT2D eigenvalue weighted by Gasteiger charge is -2.17. The lowest BCUT2D eigenvalue weighted by atomic mass is 10.1. The van der Waals surface area contributed by atoms with E-state index in [1.807, 2.05) is 0 Å². The Bertz CT molecular complexity index is 659. The van der Waals surface area contributed by atoms with E-state index in [9.17, 15) is 14.0 Å². The molecular formula is C17H17FN2O3. The fraction of sp³-hybridized carbons (Fsp3) is 0.176. The van der Waals surface area contributed by atoms with E-state index in [2.05, 4.69) is 10.6 Å². The molecule has 0 unspecified atom stereocenters. The number of hydrogen-bond acceptors (Lipinski definition) is 2. The van der Waals surface area contributed by atoms with Gasteiger partial charge in [-0.15, -0.1) is 0 Å². The summed E-state index contributed by atoms with van der Waals surface area (Å²) in [4.78, 5) is 23.1. The Balaban J connectivity index is 1.95. The molecule has 0 bridgehead atoms. The summed E-state index contributed by atoms with van der Waals surface area (Å²) in [6.07, 6.45) is -0.742. The summed E-state index contributed by atoms with van der Waals surface area (Å²) >= 11 is 0. The topological polar surface area (TPSA) is 78.4 Å². The number of carboxylic acid groups (broad SMARTS) is 1. The Labute approximate surface area is 133 Å². The molecule has 0 saturated heterocycles. The molecule has 2 aromatic carbocycles. The van der Waals surface area contributed by atoms with Crippen LogP contribution in [0.2, 0.25) is 0 Å². The van der Waals surface area contributed by atoms with Crippen LogP contribution in [0.15, 0.2) is 54.6 Å². The maximum absolute atomic E-state index is 12.8. The third-order valence-corrected chi connectivity index (χ3v) is 3.29. The number of amides is 2. The molecule has 3 N–H and O–H groups in total. The Hall–Kier alpha value is -2.89. The fourth-order valence-electron chi connectivity index (χ4n) is 2.15. The van der Waals surface area contributed by atoms with Crippen LogP contribution in [0, 0.1) is 5.82 Å². The number of hydrogen-bond donors (Lipinski definition) is 3. The van der Waals surface area contributed by atoms with Crippen LogP contribution in [0.4, 0.5) is 9.18 Å². The van der Waals surface area contributed by atoms with Crippen LogP contribution < -0.4 is 10.6 Å². The molecule has 0 fully saturated rings. The van der Waals surface area contributed by atoms with Crippen molar-refractivity contribution in [1.29, 1.82) is 0 Å². The van der Waals surface area contributed by atoms with Gasteiger partial charge in [0.2, 0.25) is 5.91 Å². The minimum Gasteiger partial charge on any atom is -0.465 e. The van der Waals surface area contributed by atoms with Crippen molar-refractivity contribution >= 4 is 12.0 Å². The molecule has 5 nitrogen and oxygen atoms in total. The highest BCUT2D eigenvalue weighted by Crippen LogP contribution is 2.12. The minimum atomic E-state index is -1.27. The number of carbonyl (C=O) groups is 2. The molecule has 6 heteroatoms. The second-order valence-electron chi connectivity index (χ2n) is 4.96. The van der Waals surface area contributed by atoms with Gasteiger partial charge < -0.3 is 15.7 Å². The fourth-order valence-corrected chi connectivity index (χ4v) is 2.15. The molecule has 0 heterocycles. The average Bonchev–Trinajstić information content (AvgIpc) is 2.55. The molecule has 120 valence electrons. The zero-order chi connectivity index (χ0) is 16.7. The van der Waals surface area contributed by atoms with Crippen molar-refractivity contribution in [1.82, 2.24) is 10.6 Å². The molecule has 0 spiro atoms. The van der Waals surface area contributed by atoms with Crippen LogP contribution in [-0.4, -0.2) is 23.7 Å². The minimum absolute atomic E-state index is 0.312. The molecule has 2 amide bonds. The molecule has 1 atom stereocenters. The van der Waals surface area contributed by atoms with E-state index in [0.29, 0.717) is 18.5 Å². The standard InChI is InChI=1S/C17H17FN2O3/c18-14-8-6-12(7-9-14)10-11-19-16(21)15(20-17(22)23)13-4-2-1-3-5-13/h1-9,15,20H,10-11H2,(H,19,21)(H,22,23)/t15-/m0/s1. The zero-order valence-corrected chi connectivity index (χ0v) is 12.3. The van der Waals surface area contributed by atoms with Crippen molar-refractivity contribution in [2.45, 2.75) is 12.5 Å². The van der Waals surface area contributed by atoms with Gasteiger partial charge in [0.05, 0.1) is 0 Å². The van der Waals surface area contributed by atoms with Gasteiger partial charge in [0.25, 0.3) is 0 Å². The quantitative estimate of drug-likeness (QED) is 0.766. The van der Waals surface area contributed by atoms with Crippen LogP contribution in [0.1, 0.15) is 17.2 Å². The highest BCUT2D eigenvalue weighted by atomic mass is 19.1. The second kappa shape index (κ2) is 7.93. The normalized spacial score (nSPS) is 11.5. The van der Waals surface area contributed by atoms with Gasteiger partial charge in [-0.25, -0.2) is 9.18 Å². The van der Waals surface area contributed by atoms with Crippen LogP contribution in [-0.2, 0) is 11.2 Å². The smallest absolute Gasteiger partial charge is 0.405 e. The van der Waals surface area contributed by atoms with Crippen LogP contribution in [0.5, 0.6) is 0 Å². The van der Waals surface area contributed by atoms with E-state index in [0.717, 1.165) is 5.56 Å². The van der Waals surface area contributed by atoms with Crippen molar-refractivity contribution in [3.63, 3.8) is 0 Å². The third kappa shape index (κ3) is 5.10. The largest absolute Gasteiger partial charge is 0.465 e. The first-order valence-electron chi connectivity index (χ1n) is 7.13. The molecule has 2 rings (SSSR count). The number of nitrogens with one attached hydrogen (secondary N) is 2. The SMILES string of the molecule is O=C(O)N[C@H](C(=O)NCCc1ccc(F)cc1)c1ccccc1. The summed E-state index contributed by atoms with van der Waals surface area (Å²) in [5, 5.41) is 13.8. The van der Waals surface area contributed by atoms with Crippen LogP contribution in [0.3, 0.4) is 0 Å². The van der Waals surface area contributed by atoms with Crippen molar-refractivity contribution in [2.24, 2.45) is 0 Å². The third-order valence-electron chi connectivity index (χ3n) is 3.29. The van der Waals surface area contributed by atoms with E-state index in [1.165, 1.54) is 12.1 Å². The lowest BCUT2D eigenvalue weighted by Crippen LogP contribution is -2.40. The van der Waals surface area contributed by atoms with Crippen LogP contribution in [0.25, 0.3) is 0 Å². The average molecular weight is 316 g/mol. The molecule has 0 aliphatic rings.